The SMILES string of the molecule is CN(CC1CCCO1)c1ccc2c(c1)N(C(=O)C1CCCCC1)Cc1cccnc1N2. The molecule has 0 bridgehead atoms. The lowest BCUT2D eigenvalue weighted by molar-refractivity contribution is -0.123. The summed E-state index contributed by atoms with van der Waals surface area (Å²) in [6.45, 7) is 2.28. The number of anilines is 4. The van der Waals surface area contributed by atoms with Crippen LogP contribution in [0.2, 0.25) is 0 Å². The van der Waals surface area contributed by atoms with E-state index in [-0.39, 0.29) is 17.9 Å². The van der Waals surface area contributed by atoms with Crippen LogP contribution in [0.4, 0.5) is 22.9 Å². The lowest BCUT2D eigenvalue weighted by Crippen LogP contribution is -2.36. The first kappa shape index (κ1) is 20.3. The maximum atomic E-state index is 13.7. The summed E-state index contributed by atoms with van der Waals surface area (Å²) in [7, 11) is 2.11. The summed E-state index contributed by atoms with van der Waals surface area (Å²) >= 11 is 0. The quantitative estimate of drug-likeness (QED) is 0.765. The van der Waals surface area contributed by atoms with Gasteiger partial charge >= 0.3 is 0 Å². The van der Waals surface area contributed by atoms with Gasteiger partial charge in [-0.15, -0.1) is 0 Å². The molecule has 1 atom stereocenters. The summed E-state index contributed by atoms with van der Waals surface area (Å²) in [5, 5.41) is 3.48. The van der Waals surface area contributed by atoms with E-state index in [1.807, 2.05) is 11.0 Å². The van der Waals surface area contributed by atoms with E-state index >= 15 is 0 Å². The summed E-state index contributed by atoms with van der Waals surface area (Å²) in [6, 6.07) is 10.4. The Morgan fingerprint density at radius 1 is 1.19 bits per heavy atom. The van der Waals surface area contributed by atoms with Crippen LogP contribution in [0.15, 0.2) is 36.5 Å². The average molecular weight is 421 g/mol. The van der Waals surface area contributed by atoms with E-state index < -0.39 is 0 Å². The van der Waals surface area contributed by atoms with Gasteiger partial charge in [0.15, 0.2) is 0 Å². The number of nitrogens with zero attached hydrogens (tertiary/aromatic N) is 3. The van der Waals surface area contributed by atoms with Crippen molar-refractivity contribution in [1.82, 2.24) is 4.98 Å². The summed E-state index contributed by atoms with van der Waals surface area (Å²) in [4.78, 5) is 22.5. The summed E-state index contributed by atoms with van der Waals surface area (Å²) in [5.74, 6) is 1.20. The fourth-order valence-corrected chi connectivity index (χ4v) is 5.11. The minimum absolute atomic E-state index is 0.119. The van der Waals surface area contributed by atoms with Gasteiger partial charge in [0.2, 0.25) is 5.91 Å². The summed E-state index contributed by atoms with van der Waals surface area (Å²) < 4.78 is 5.83. The maximum absolute atomic E-state index is 13.7. The van der Waals surface area contributed by atoms with Crippen LogP contribution >= 0.6 is 0 Å². The first-order valence-corrected chi connectivity index (χ1v) is 11.7. The van der Waals surface area contributed by atoms with Crippen molar-refractivity contribution in [3.63, 3.8) is 0 Å². The van der Waals surface area contributed by atoms with Crippen LogP contribution in [0, 0.1) is 5.92 Å². The molecule has 5 rings (SSSR count). The molecule has 1 aliphatic carbocycles. The van der Waals surface area contributed by atoms with Crippen LogP contribution in [-0.2, 0) is 16.1 Å². The van der Waals surface area contributed by atoms with Crippen molar-refractivity contribution in [2.24, 2.45) is 5.92 Å². The molecule has 1 saturated carbocycles. The number of hydrogen-bond donors (Lipinski definition) is 1. The highest BCUT2D eigenvalue weighted by Crippen LogP contribution is 2.39. The zero-order valence-corrected chi connectivity index (χ0v) is 18.3. The molecular formula is C25H32N4O2. The molecule has 0 spiro atoms. The van der Waals surface area contributed by atoms with Gasteiger partial charge < -0.3 is 19.9 Å². The Bertz CT molecular complexity index is 935. The van der Waals surface area contributed by atoms with Gasteiger partial charge in [-0.1, -0.05) is 25.3 Å². The fourth-order valence-electron chi connectivity index (χ4n) is 5.11. The van der Waals surface area contributed by atoms with Crippen LogP contribution in [0.1, 0.15) is 50.5 Å². The normalized spacial score (nSPS) is 21.1. The third kappa shape index (κ3) is 4.26. The Kier molecular flexibility index (Phi) is 5.81. The standard InChI is InChI=1S/C25H32N4O2/c1-28(17-21-10-6-14-31-21)20-11-12-22-23(15-20)29(25(30)18-7-3-2-4-8-18)16-19-9-5-13-26-24(19)27-22/h5,9,11-13,15,18,21H,2-4,6-8,10,14,16-17H2,1H3,(H,26,27). The van der Waals surface area contributed by atoms with Gasteiger partial charge in [0, 0.05) is 43.6 Å². The molecule has 1 aromatic heterocycles. The highest BCUT2D eigenvalue weighted by Gasteiger charge is 2.31. The van der Waals surface area contributed by atoms with Gasteiger partial charge in [0.1, 0.15) is 5.82 Å². The third-order valence-electron chi connectivity index (χ3n) is 6.91. The van der Waals surface area contributed by atoms with E-state index in [4.69, 9.17) is 4.74 Å². The second-order valence-corrected chi connectivity index (χ2v) is 9.11. The third-order valence-corrected chi connectivity index (χ3v) is 6.91. The van der Waals surface area contributed by atoms with Crippen molar-refractivity contribution >= 4 is 28.8 Å². The number of amides is 1. The molecule has 3 aliphatic rings. The summed E-state index contributed by atoms with van der Waals surface area (Å²) in [6.07, 6.45) is 9.88. The van der Waals surface area contributed by atoms with E-state index in [1.54, 1.807) is 6.20 Å². The van der Waals surface area contributed by atoms with Crippen molar-refractivity contribution in [2.45, 2.75) is 57.6 Å². The number of carbonyl (C=O) groups is 1. The number of hydrogen-bond acceptors (Lipinski definition) is 5. The van der Waals surface area contributed by atoms with Crippen LogP contribution in [0.25, 0.3) is 0 Å². The number of ether oxygens (including phenoxy) is 1. The van der Waals surface area contributed by atoms with Gasteiger partial charge in [-0.25, -0.2) is 4.98 Å². The number of benzene rings is 1. The van der Waals surface area contributed by atoms with Gasteiger partial charge in [-0.05, 0) is 49.9 Å². The molecule has 6 nitrogen and oxygen atoms in total. The van der Waals surface area contributed by atoms with E-state index in [0.717, 1.165) is 80.1 Å². The Hall–Kier alpha value is -2.60. The second-order valence-electron chi connectivity index (χ2n) is 9.11. The molecule has 2 aliphatic heterocycles. The van der Waals surface area contributed by atoms with Crippen molar-refractivity contribution in [3.8, 4) is 0 Å². The van der Waals surface area contributed by atoms with Crippen molar-refractivity contribution in [3.05, 3.63) is 42.1 Å². The number of nitrogens with one attached hydrogen (secondary N) is 1. The molecule has 164 valence electrons. The predicted molar refractivity (Wildman–Crippen MR) is 124 cm³/mol. The van der Waals surface area contributed by atoms with E-state index in [0.29, 0.717) is 6.54 Å². The molecule has 2 aromatic rings. The first-order chi connectivity index (χ1) is 15.2. The number of carbonyl (C=O) groups excluding carboxylic acids is 1. The Morgan fingerprint density at radius 3 is 2.87 bits per heavy atom. The molecule has 31 heavy (non-hydrogen) atoms. The van der Waals surface area contributed by atoms with Crippen LogP contribution < -0.4 is 15.1 Å². The van der Waals surface area contributed by atoms with Gasteiger partial charge in [-0.2, -0.15) is 0 Å². The van der Waals surface area contributed by atoms with E-state index in [2.05, 4.69) is 46.5 Å². The lowest BCUT2D eigenvalue weighted by atomic mass is 9.88. The summed E-state index contributed by atoms with van der Waals surface area (Å²) in [5.41, 5.74) is 4.05. The molecule has 1 unspecified atom stereocenters. The zero-order valence-electron chi connectivity index (χ0n) is 18.3. The smallest absolute Gasteiger partial charge is 0.230 e. The van der Waals surface area contributed by atoms with Crippen molar-refractivity contribution in [1.29, 1.82) is 0 Å². The zero-order chi connectivity index (χ0) is 21.2. The van der Waals surface area contributed by atoms with Crippen LogP contribution in [-0.4, -0.2) is 37.2 Å². The van der Waals surface area contributed by atoms with Gasteiger partial charge in [-0.3, -0.25) is 4.79 Å². The molecule has 1 saturated heterocycles. The molecule has 1 aromatic carbocycles. The number of pyridine rings is 1. The molecular weight excluding hydrogens is 388 g/mol. The number of likely N-dealkylation sites (N-methyl/N-ethyl adjacent to an activating group) is 1. The minimum atomic E-state index is 0.119. The fraction of sp³-hybridized carbons (Fsp3) is 0.520. The molecule has 6 heteroatoms. The molecule has 1 amide bonds. The Balaban J connectivity index is 1.48. The topological polar surface area (TPSA) is 57.7 Å². The first-order valence-electron chi connectivity index (χ1n) is 11.7. The molecule has 0 radical (unpaired) electrons. The minimum Gasteiger partial charge on any atom is -0.376 e. The van der Waals surface area contributed by atoms with E-state index in [1.165, 1.54) is 6.42 Å². The maximum Gasteiger partial charge on any atom is 0.230 e. The molecule has 2 fully saturated rings. The second kappa shape index (κ2) is 8.87. The van der Waals surface area contributed by atoms with Gasteiger partial charge in [0.05, 0.1) is 24.0 Å². The Morgan fingerprint density at radius 2 is 2.06 bits per heavy atom. The van der Waals surface area contributed by atoms with Crippen LogP contribution in [0.3, 0.4) is 0 Å². The number of fused-ring (bicyclic) bond motifs is 2. The number of rotatable bonds is 4. The molecule has 3 heterocycles. The number of aromatic nitrogens is 1. The molecule has 1 N–H and O–H groups in total. The van der Waals surface area contributed by atoms with Crippen LogP contribution in [0.5, 0.6) is 0 Å². The van der Waals surface area contributed by atoms with Crippen molar-refractivity contribution < 1.29 is 9.53 Å². The largest absolute Gasteiger partial charge is 0.376 e. The highest BCUT2D eigenvalue weighted by molar-refractivity contribution is 6.00. The average Bonchev–Trinajstić information content (AvgIpc) is 3.25. The highest BCUT2D eigenvalue weighted by atomic mass is 16.5. The monoisotopic (exact) mass is 420 g/mol. The predicted octanol–water partition coefficient (Wildman–Crippen LogP) is 4.87. The van der Waals surface area contributed by atoms with Crippen molar-refractivity contribution in [2.75, 3.05) is 35.3 Å². The van der Waals surface area contributed by atoms with E-state index in [9.17, 15) is 4.79 Å². The lowest BCUT2D eigenvalue weighted by Gasteiger charge is -2.30. The Labute approximate surface area is 184 Å². The van der Waals surface area contributed by atoms with Gasteiger partial charge in [0.25, 0.3) is 0 Å².